The van der Waals surface area contributed by atoms with Crippen molar-refractivity contribution in [3.05, 3.63) is 18.2 Å². The van der Waals surface area contributed by atoms with Gasteiger partial charge < -0.3 is 10.6 Å². The summed E-state index contributed by atoms with van der Waals surface area (Å²) < 4.78 is 0. The van der Waals surface area contributed by atoms with Gasteiger partial charge in [0.1, 0.15) is 11.6 Å². The van der Waals surface area contributed by atoms with Crippen LogP contribution in [0.3, 0.4) is 0 Å². The third-order valence-corrected chi connectivity index (χ3v) is 2.81. The van der Waals surface area contributed by atoms with E-state index in [0.717, 1.165) is 18.2 Å². The van der Waals surface area contributed by atoms with Gasteiger partial charge in [0.15, 0.2) is 0 Å². The quantitative estimate of drug-likeness (QED) is 0.793. The average Bonchev–Trinajstić information content (AvgIpc) is 2.71. The van der Waals surface area contributed by atoms with Crippen LogP contribution >= 0.6 is 0 Å². The zero-order valence-electron chi connectivity index (χ0n) is 9.29. The second-order valence-electron chi connectivity index (χ2n) is 4.06. The molecule has 0 spiro atoms. The van der Waals surface area contributed by atoms with Crippen molar-refractivity contribution in [2.75, 3.05) is 17.2 Å². The van der Waals surface area contributed by atoms with Crippen LogP contribution < -0.4 is 10.6 Å². The molecule has 3 heteroatoms. The fourth-order valence-electron chi connectivity index (χ4n) is 2.07. The predicted molar refractivity (Wildman–Crippen MR) is 64.3 cm³/mol. The van der Waals surface area contributed by atoms with Crippen molar-refractivity contribution in [3.8, 4) is 0 Å². The minimum absolute atomic E-state index is 0.634. The van der Waals surface area contributed by atoms with Gasteiger partial charge in [-0.3, -0.25) is 0 Å². The van der Waals surface area contributed by atoms with Gasteiger partial charge in [-0.1, -0.05) is 18.9 Å². The van der Waals surface area contributed by atoms with E-state index in [1.165, 1.54) is 25.7 Å². The van der Waals surface area contributed by atoms with E-state index in [1.54, 1.807) is 0 Å². The molecule has 1 heterocycles. The topological polar surface area (TPSA) is 37.0 Å². The van der Waals surface area contributed by atoms with E-state index in [0.29, 0.717) is 6.04 Å². The fourth-order valence-corrected chi connectivity index (χ4v) is 2.07. The Morgan fingerprint density at radius 3 is 2.73 bits per heavy atom. The van der Waals surface area contributed by atoms with Crippen LogP contribution in [-0.2, 0) is 0 Å². The Kier molecular flexibility index (Phi) is 3.43. The van der Waals surface area contributed by atoms with E-state index >= 15 is 0 Å². The number of pyridine rings is 1. The first-order valence-corrected chi connectivity index (χ1v) is 5.86. The largest absolute Gasteiger partial charge is 0.370 e. The van der Waals surface area contributed by atoms with Gasteiger partial charge in [-0.2, -0.15) is 0 Å². The lowest BCUT2D eigenvalue weighted by molar-refractivity contribution is 0.751. The second-order valence-corrected chi connectivity index (χ2v) is 4.06. The SMILES string of the molecule is CCNc1cccc(NC2CCCC2)n1. The molecule has 0 aliphatic heterocycles. The van der Waals surface area contributed by atoms with Crippen molar-refractivity contribution >= 4 is 11.6 Å². The van der Waals surface area contributed by atoms with Crippen molar-refractivity contribution in [2.24, 2.45) is 0 Å². The van der Waals surface area contributed by atoms with Gasteiger partial charge in [0.05, 0.1) is 0 Å². The highest BCUT2D eigenvalue weighted by molar-refractivity contribution is 5.45. The number of aromatic nitrogens is 1. The molecule has 0 radical (unpaired) electrons. The van der Waals surface area contributed by atoms with Gasteiger partial charge in [0, 0.05) is 12.6 Å². The molecule has 0 amide bonds. The number of hydrogen-bond donors (Lipinski definition) is 2. The third-order valence-electron chi connectivity index (χ3n) is 2.81. The third kappa shape index (κ3) is 2.85. The molecule has 1 aliphatic rings. The lowest BCUT2D eigenvalue weighted by Gasteiger charge is -2.13. The van der Waals surface area contributed by atoms with Gasteiger partial charge in [0.25, 0.3) is 0 Å². The highest BCUT2D eigenvalue weighted by Crippen LogP contribution is 2.21. The molecule has 2 rings (SSSR count). The summed E-state index contributed by atoms with van der Waals surface area (Å²) in [6.45, 7) is 3.00. The molecule has 0 unspecified atom stereocenters. The van der Waals surface area contributed by atoms with Crippen molar-refractivity contribution in [1.82, 2.24) is 4.98 Å². The van der Waals surface area contributed by atoms with Crippen LogP contribution in [0.4, 0.5) is 11.6 Å². The van der Waals surface area contributed by atoms with Crippen molar-refractivity contribution in [2.45, 2.75) is 38.6 Å². The van der Waals surface area contributed by atoms with Crippen LogP contribution in [0.15, 0.2) is 18.2 Å². The van der Waals surface area contributed by atoms with Crippen LogP contribution in [0.5, 0.6) is 0 Å². The van der Waals surface area contributed by atoms with Crippen LogP contribution in [0.25, 0.3) is 0 Å². The molecule has 1 aromatic heterocycles. The van der Waals surface area contributed by atoms with E-state index in [2.05, 4.69) is 22.5 Å². The molecule has 1 aliphatic carbocycles. The van der Waals surface area contributed by atoms with Crippen LogP contribution in [0, 0.1) is 0 Å². The molecule has 1 fully saturated rings. The van der Waals surface area contributed by atoms with Gasteiger partial charge in [-0.05, 0) is 31.9 Å². The fraction of sp³-hybridized carbons (Fsp3) is 0.583. The van der Waals surface area contributed by atoms with Gasteiger partial charge >= 0.3 is 0 Å². The molecule has 0 atom stereocenters. The summed E-state index contributed by atoms with van der Waals surface area (Å²) in [7, 11) is 0. The van der Waals surface area contributed by atoms with E-state index in [1.807, 2.05) is 18.2 Å². The maximum Gasteiger partial charge on any atom is 0.128 e. The molecule has 1 aromatic rings. The summed E-state index contributed by atoms with van der Waals surface area (Å²) in [5.74, 6) is 1.96. The molecular weight excluding hydrogens is 186 g/mol. The van der Waals surface area contributed by atoms with Crippen molar-refractivity contribution < 1.29 is 0 Å². The lowest BCUT2D eigenvalue weighted by Crippen LogP contribution is -2.15. The Morgan fingerprint density at radius 2 is 2.00 bits per heavy atom. The highest BCUT2D eigenvalue weighted by Gasteiger charge is 2.14. The monoisotopic (exact) mass is 205 g/mol. The normalized spacial score (nSPS) is 16.6. The predicted octanol–water partition coefficient (Wildman–Crippen LogP) is 2.87. The van der Waals surface area contributed by atoms with E-state index in [-0.39, 0.29) is 0 Å². The van der Waals surface area contributed by atoms with E-state index in [9.17, 15) is 0 Å². The van der Waals surface area contributed by atoms with Gasteiger partial charge in [-0.15, -0.1) is 0 Å². The van der Waals surface area contributed by atoms with Gasteiger partial charge in [0.2, 0.25) is 0 Å². The zero-order valence-corrected chi connectivity index (χ0v) is 9.29. The summed E-state index contributed by atoms with van der Waals surface area (Å²) >= 11 is 0. The Morgan fingerprint density at radius 1 is 1.27 bits per heavy atom. The standard InChI is InChI=1S/C12H19N3/c1-2-13-11-8-5-9-12(15-11)14-10-6-3-4-7-10/h5,8-10H,2-4,6-7H2,1H3,(H2,13,14,15). The Hall–Kier alpha value is -1.25. The van der Waals surface area contributed by atoms with Crippen molar-refractivity contribution in [1.29, 1.82) is 0 Å². The molecule has 15 heavy (non-hydrogen) atoms. The summed E-state index contributed by atoms with van der Waals surface area (Å²) in [4.78, 5) is 4.50. The summed E-state index contributed by atoms with van der Waals surface area (Å²) in [5.41, 5.74) is 0. The average molecular weight is 205 g/mol. The number of nitrogens with one attached hydrogen (secondary N) is 2. The maximum atomic E-state index is 4.50. The van der Waals surface area contributed by atoms with Crippen molar-refractivity contribution in [3.63, 3.8) is 0 Å². The Bertz CT molecular complexity index is 305. The highest BCUT2D eigenvalue weighted by atomic mass is 15.1. The van der Waals surface area contributed by atoms with Crippen LogP contribution in [0.2, 0.25) is 0 Å². The molecule has 2 N–H and O–H groups in total. The maximum absolute atomic E-state index is 4.50. The molecule has 1 saturated carbocycles. The second kappa shape index (κ2) is 5.01. The molecular formula is C12H19N3. The first kappa shape index (κ1) is 10.3. The Balaban J connectivity index is 1.97. The number of anilines is 2. The number of hydrogen-bond acceptors (Lipinski definition) is 3. The summed E-state index contributed by atoms with van der Waals surface area (Å²) in [6.07, 6.45) is 5.27. The Labute approximate surface area is 91.3 Å². The molecule has 3 nitrogen and oxygen atoms in total. The molecule has 82 valence electrons. The molecule has 0 saturated heterocycles. The summed E-state index contributed by atoms with van der Waals surface area (Å²) in [5, 5.41) is 6.71. The van der Waals surface area contributed by atoms with Crippen LogP contribution in [0.1, 0.15) is 32.6 Å². The van der Waals surface area contributed by atoms with E-state index < -0.39 is 0 Å². The van der Waals surface area contributed by atoms with E-state index in [4.69, 9.17) is 0 Å². The minimum Gasteiger partial charge on any atom is -0.370 e. The molecule has 0 bridgehead atoms. The first-order valence-electron chi connectivity index (χ1n) is 5.86. The minimum atomic E-state index is 0.634. The number of nitrogens with zero attached hydrogens (tertiary/aromatic N) is 1. The number of rotatable bonds is 4. The lowest BCUT2D eigenvalue weighted by atomic mass is 10.2. The summed E-state index contributed by atoms with van der Waals surface area (Å²) in [6, 6.07) is 6.72. The first-order chi connectivity index (χ1) is 7.38. The van der Waals surface area contributed by atoms with Gasteiger partial charge in [-0.25, -0.2) is 4.98 Å². The smallest absolute Gasteiger partial charge is 0.128 e. The molecule has 0 aromatic carbocycles. The zero-order chi connectivity index (χ0) is 10.5. The van der Waals surface area contributed by atoms with Crippen LogP contribution in [-0.4, -0.2) is 17.6 Å².